The Morgan fingerprint density at radius 3 is 1.89 bits per heavy atom. The highest BCUT2D eigenvalue weighted by Gasteiger charge is 2.11. The number of ether oxygens (including phenoxy) is 2. The number of alkyl halides is 1. The number of hydrogen-bond donors (Lipinski definition) is 4. The van der Waals surface area contributed by atoms with Gasteiger partial charge in [-0.3, -0.25) is 4.79 Å². The van der Waals surface area contributed by atoms with Gasteiger partial charge < -0.3 is 36.2 Å². The van der Waals surface area contributed by atoms with E-state index in [9.17, 15) is 14.4 Å². The molecule has 12 nitrogen and oxygen atoms in total. The van der Waals surface area contributed by atoms with Gasteiger partial charge in [0.1, 0.15) is 6.26 Å². The van der Waals surface area contributed by atoms with Crippen molar-refractivity contribution in [3.05, 3.63) is 12.0 Å². The van der Waals surface area contributed by atoms with Gasteiger partial charge in [-0.05, 0) is 20.8 Å². The number of oxazole rings is 1. The van der Waals surface area contributed by atoms with Crippen molar-refractivity contribution < 1.29 is 38.2 Å². The number of halogens is 1. The average molecular weight is 457 g/mol. The SMILES string of the molecule is CCO.CCOC(=O)C(=O)CBr.CCOC(=O)c1coc(N)n1.NC(N)=O. The van der Waals surface area contributed by atoms with Crippen LogP contribution < -0.4 is 17.2 Å². The summed E-state index contributed by atoms with van der Waals surface area (Å²) < 4.78 is 13.6. The van der Waals surface area contributed by atoms with Crippen molar-refractivity contribution in [2.75, 3.05) is 30.9 Å². The van der Waals surface area contributed by atoms with Crippen LogP contribution in [0.25, 0.3) is 0 Å². The molecule has 0 bridgehead atoms. The number of nitrogens with zero attached hydrogens (tertiary/aromatic N) is 1. The lowest BCUT2D eigenvalue weighted by molar-refractivity contribution is -0.152. The Balaban J connectivity index is -0.000000323. The molecule has 13 heteroatoms. The molecule has 1 aromatic heterocycles. The van der Waals surface area contributed by atoms with Crippen LogP contribution in [0.3, 0.4) is 0 Å². The number of amides is 2. The zero-order valence-electron chi connectivity index (χ0n) is 15.3. The molecule has 0 aliphatic heterocycles. The summed E-state index contributed by atoms with van der Waals surface area (Å²) in [7, 11) is 0. The molecule has 0 spiro atoms. The van der Waals surface area contributed by atoms with Crippen molar-refractivity contribution in [2.45, 2.75) is 20.8 Å². The molecule has 156 valence electrons. The molecular formula is C14H25BrN4O8. The van der Waals surface area contributed by atoms with Crippen molar-refractivity contribution in [3.8, 4) is 0 Å². The van der Waals surface area contributed by atoms with Crippen LogP contribution in [0.1, 0.15) is 31.3 Å². The molecule has 0 atom stereocenters. The molecule has 0 aliphatic carbocycles. The van der Waals surface area contributed by atoms with Gasteiger partial charge in [0.2, 0.25) is 5.78 Å². The molecule has 1 aromatic rings. The molecule has 0 fully saturated rings. The number of hydrogen-bond acceptors (Lipinski definition) is 10. The summed E-state index contributed by atoms with van der Waals surface area (Å²) in [4.78, 5) is 44.2. The van der Waals surface area contributed by atoms with Gasteiger partial charge in [-0.25, -0.2) is 14.4 Å². The predicted octanol–water partition coefficient (Wildman–Crippen LogP) is -0.0306. The highest BCUT2D eigenvalue weighted by molar-refractivity contribution is 9.09. The molecule has 27 heavy (non-hydrogen) atoms. The number of aromatic nitrogens is 1. The summed E-state index contributed by atoms with van der Waals surface area (Å²) in [5.74, 6) is -1.83. The quantitative estimate of drug-likeness (QED) is 0.263. The third-order valence-electron chi connectivity index (χ3n) is 1.63. The highest BCUT2D eigenvalue weighted by atomic mass is 79.9. The number of aliphatic hydroxyl groups excluding tert-OH is 1. The van der Waals surface area contributed by atoms with Crippen molar-refractivity contribution in [3.63, 3.8) is 0 Å². The molecule has 2 amide bonds. The van der Waals surface area contributed by atoms with Crippen LogP contribution in [-0.4, -0.2) is 59.0 Å². The monoisotopic (exact) mass is 456 g/mol. The zero-order chi connectivity index (χ0) is 21.8. The van der Waals surface area contributed by atoms with Crippen LogP contribution in [-0.2, 0) is 19.1 Å². The first-order chi connectivity index (χ1) is 12.6. The number of nitrogen functional groups attached to an aromatic ring is 1. The van der Waals surface area contributed by atoms with Crippen molar-refractivity contribution in [1.82, 2.24) is 4.98 Å². The van der Waals surface area contributed by atoms with Crippen LogP contribution >= 0.6 is 15.9 Å². The summed E-state index contributed by atoms with van der Waals surface area (Å²) in [6.07, 6.45) is 1.16. The van der Waals surface area contributed by atoms with Crippen LogP contribution in [0.2, 0.25) is 0 Å². The molecule has 0 aliphatic rings. The molecule has 0 saturated carbocycles. The minimum atomic E-state index is -0.833. The third-order valence-corrected chi connectivity index (χ3v) is 2.14. The lowest BCUT2D eigenvalue weighted by Crippen LogP contribution is -2.18. The normalized spacial score (nSPS) is 8.33. The number of aliphatic hydroxyl groups is 1. The number of Topliss-reactive ketones (excluding diaryl/α,β-unsaturated/α-hetero) is 1. The summed E-state index contributed by atoms with van der Waals surface area (Å²) in [6.45, 7) is 5.85. The molecule has 0 saturated heterocycles. The van der Waals surface area contributed by atoms with Crippen molar-refractivity contribution >= 4 is 45.7 Å². The van der Waals surface area contributed by atoms with E-state index in [-0.39, 0.29) is 30.3 Å². The van der Waals surface area contributed by atoms with Gasteiger partial charge in [-0.2, -0.15) is 4.98 Å². The van der Waals surface area contributed by atoms with Gasteiger partial charge in [-0.1, -0.05) is 15.9 Å². The van der Waals surface area contributed by atoms with Crippen molar-refractivity contribution in [2.24, 2.45) is 11.5 Å². The Labute approximate surface area is 164 Å². The number of primary amides is 2. The highest BCUT2D eigenvalue weighted by Crippen LogP contribution is 2.03. The van der Waals surface area contributed by atoms with E-state index in [0.717, 1.165) is 6.26 Å². The fourth-order valence-corrected chi connectivity index (χ4v) is 1.08. The Bertz CT molecular complexity index is 561. The van der Waals surface area contributed by atoms with Crippen LogP contribution in [0.4, 0.5) is 10.8 Å². The number of rotatable bonds is 5. The first kappa shape index (κ1) is 29.1. The predicted molar refractivity (Wildman–Crippen MR) is 98.8 cm³/mol. The Morgan fingerprint density at radius 1 is 1.15 bits per heavy atom. The number of ketones is 1. The number of nitrogens with two attached hydrogens (primary N) is 3. The topological polar surface area (TPSA) is 211 Å². The van der Waals surface area contributed by atoms with Crippen LogP contribution in [0.5, 0.6) is 0 Å². The van der Waals surface area contributed by atoms with E-state index < -0.39 is 23.8 Å². The number of carbonyl (C=O) groups is 4. The van der Waals surface area contributed by atoms with E-state index >= 15 is 0 Å². The van der Waals surface area contributed by atoms with Gasteiger partial charge in [0.25, 0.3) is 6.01 Å². The fourth-order valence-electron chi connectivity index (χ4n) is 0.853. The smallest absolute Gasteiger partial charge is 0.375 e. The Hall–Kier alpha value is -2.67. The first-order valence-electron chi connectivity index (χ1n) is 7.40. The largest absolute Gasteiger partial charge is 0.461 e. The van der Waals surface area contributed by atoms with Crippen LogP contribution in [0.15, 0.2) is 10.7 Å². The molecular weight excluding hydrogens is 432 g/mol. The standard InChI is InChI=1S/C6H8N2O3.C5H7BrO3.C2H6O.CH4N2O/c1-2-10-5(9)4-3-11-6(7)8-4;1-2-9-5(8)4(7)3-6;1-2-3;2-1(3)4/h3H,2H2,1H3,(H2,7,8);2-3H2,1H3;3H,2H2,1H3;(H4,2,3,4). The van der Waals surface area contributed by atoms with E-state index in [1.165, 1.54) is 0 Å². The molecule has 1 heterocycles. The first-order valence-corrected chi connectivity index (χ1v) is 8.52. The van der Waals surface area contributed by atoms with E-state index in [2.05, 4.69) is 46.3 Å². The Kier molecular flexibility index (Phi) is 21.2. The fraction of sp³-hybridized carbons (Fsp3) is 0.500. The van der Waals surface area contributed by atoms with E-state index in [4.69, 9.17) is 15.6 Å². The number of anilines is 1. The summed E-state index contributed by atoms with van der Waals surface area (Å²) in [6, 6.07) is -0.868. The maximum Gasteiger partial charge on any atom is 0.375 e. The molecule has 0 radical (unpaired) electrons. The van der Waals surface area contributed by atoms with E-state index in [0.29, 0.717) is 6.61 Å². The number of esters is 2. The summed E-state index contributed by atoms with van der Waals surface area (Å²) in [5, 5.41) is 7.60. The number of carbonyl (C=O) groups excluding carboxylic acids is 4. The second kappa shape index (κ2) is 19.7. The van der Waals surface area contributed by atoms with Gasteiger partial charge in [0, 0.05) is 6.61 Å². The molecule has 0 unspecified atom stereocenters. The minimum Gasteiger partial charge on any atom is -0.461 e. The molecule has 0 aromatic carbocycles. The zero-order valence-corrected chi connectivity index (χ0v) is 16.9. The van der Waals surface area contributed by atoms with Crippen molar-refractivity contribution in [1.29, 1.82) is 0 Å². The maximum absolute atomic E-state index is 10.9. The summed E-state index contributed by atoms with van der Waals surface area (Å²) >= 11 is 2.83. The van der Waals surface area contributed by atoms with E-state index in [1.54, 1.807) is 20.8 Å². The Morgan fingerprint density at radius 2 is 1.59 bits per heavy atom. The summed E-state index contributed by atoms with van der Waals surface area (Å²) in [5.41, 5.74) is 13.7. The lowest BCUT2D eigenvalue weighted by atomic mass is 10.5. The number of urea groups is 1. The van der Waals surface area contributed by atoms with Crippen LogP contribution in [0, 0.1) is 0 Å². The second-order valence-electron chi connectivity index (χ2n) is 3.79. The second-order valence-corrected chi connectivity index (χ2v) is 4.35. The third kappa shape index (κ3) is 21.3. The van der Waals surface area contributed by atoms with Gasteiger partial charge >= 0.3 is 18.0 Å². The average Bonchev–Trinajstić information content (AvgIpc) is 3.02. The molecule has 7 N–H and O–H groups in total. The van der Waals surface area contributed by atoms with Gasteiger partial charge in [-0.15, -0.1) is 0 Å². The van der Waals surface area contributed by atoms with Gasteiger partial charge in [0.05, 0.1) is 18.5 Å². The lowest BCUT2D eigenvalue weighted by Gasteiger charge is -1.95. The molecule has 1 rings (SSSR count). The van der Waals surface area contributed by atoms with E-state index in [1.807, 2.05) is 0 Å². The maximum atomic E-state index is 10.9. The minimum absolute atomic E-state index is 0.0336. The van der Waals surface area contributed by atoms with Gasteiger partial charge in [0.15, 0.2) is 5.69 Å².